The molecule has 0 aliphatic carbocycles. The van der Waals surface area contributed by atoms with Crippen molar-refractivity contribution in [1.29, 1.82) is 0 Å². The lowest BCUT2D eigenvalue weighted by molar-refractivity contribution is -0.158. The highest BCUT2D eigenvalue weighted by atomic mass is 16.7. The smallest absolute Gasteiger partial charge is 0.331 e. The second kappa shape index (κ2) is 18.2. The van der Waals surface area contributed by atoms with Crippen LogP contribution in [-0.4, -0.2) is 24.3 Å². The van der Waals surface area contributed by atoms with Crippen LogP contribution in [0.4, 0.5) is 0 Å². The Labute approximate surface area is 158 Å². The number of hydrogen-bond donors (Lipinski definition) is 2. The fourth-order valence-electron chi connectivity index (χ4n) is 2.68. The van der Waals surface area contributed by atoms with Gasteiger partial charge in [0.2, 0.25) is 5.91 Å². The summed E-state index contributed by atoms with van der Waals surface area (Å²) in [5, 5.41) is 2.82. The standard InChI is InChI=1S/C20H38N2O4/c1-3-20(25)26-22-19(24)17-15-13-11-9-7-5-6-8-10-12-14-16-18(23)21-4-2/h3-17H2,1-2H3,(H,21,23)(H,22,24). The maximum absolute atomic E-state index is 11.4. The third kappa shape index (κ3) is 17.2. The fourth-order valence-corrected chi connectivity index (χ4v) is 2.68. The van der Waals surface area contributed by atoms with Gasteiger partial charge in [-0.1, -0.05) is 64.7 Å². The van der Waals surface area contributed by atoms with E-state index < -0.39 is 5.97 Å². The fraction of sp³-hybridized carbons (Fsp3) is 0.850. The van der Waals surface area contributed by atoms with Crippen LogP contribution < -0.4 is 10.8 Å². The minimum Gasteiger partial charge on any atom is -0.356 e. The largest absolute Gasteiger partial charge is 0.356 e. The van der Waals surface area contributed by atoms with E-state index in [4.69, 9.17) is 0 Å². The number of carbonyl (C=O) groups excluding carboxylic acids is 3. The van der Waals surface area contributed by atoms with Crippen molar-refractivity contribution in [3.63, 3.8) is 0 Å². The molecule has 152 valence electrons. The Bertz CT molecular complexity index is 386. The summed E-state index contributed by atoms with van der Waals surface area (Å²) in [6.45, 7) is 4.35. The zero-order valence-electron chi connectivity index (χ0n) is 16.7. The molecule has 0 saturated heterocycles. The van der Waals surface area contributed by atoms with E-state index in [1.807, 2.05) is 6.92 Å². The van der Waals surface area contributed by atoms with Crippen molar-refractivity contribution >= 4 is 17.8 Å². The molecule has 0 aromatic heterocycles. The first-order valence-corrected chi connectivity index (χ1v) is 10.3. The highest BCUT2D eigenvalue weighted by molar-refractivity contribution is 5.77. The first kappa shape index (κ1) is 24.4. The van der Waals surface area contributed by atoms with E-state index in [0.717, 1.165) is 38.6 Å². The van der Waals surface area contributed by atoms with Crippen LogP contribution >= 0.6 is 0 Å². The molecule has 6 nitrogen and oxygen atoms in total. The minimum atomic E-state index is -0.416. The molecule has 0 aliphatic rings. The number of hydroxylamine groups is 1. The van der Waals surface area contributed by atoms with Gasteiger partial charge in [0.25, 0.3) is 5.91 Å². The lowest BCUT2D eigenvalue weighted by Crippen LogP contribution is -2.26. The molecule has 0 atom stereocenters. The number of unbranched alkanes of at least 4 members (excludes halogenated alkanes) is 10. The summed E-state index contributed by atoms with van der Waals surface area (Å²) in [4.78, 5) is 38.2. The predicted octanol–water partition coefficient (Wildman–Crippen LogP) is 4.18. The lowest BCUT2D eigenvalue weighted by atomic mass is 10.0. The number of carbonyl (C=O) groups is 3. The second-order valence-electron chi connectivity index (χ2n) is 6.70. The molecule has 0 bridgehead atoms. The first-order chi connectivity index (χ1) is 12.6. The van der Waals surface area contributed by atoms with Crippen LogP contribution in [0.15, 0.2) is 0 Å². The molecule has 0 aromatic rings. The summed E-state index contributed by atoms with van der Waals surface area (Å²) < 4.78 is 0. The number of nitrogens with one attached hydrogen (secondary N) is 2. The average Bonchev–Trinajstić information content (AvgIpc) is 2.63. The monoisotopic (exact) mass is 370 g/mol. The molecule has 26 heavy (non-hydrogen) atoms. The SMILES string of the molecule is CCNC(=O)CCCCCCCCCCCCCC(=O)NOC(=O)CC. The molecule has 0 unspecified atom stereocenters. The van der Waals surface area contributed by atoms with Gasteiger partial charge in [0, 0.05) is 25.8 Å². The van der Waals surface area contributed by atoms with Gasteiger partial charge in [0.1, 0.15) is 0 Å². The van der Waals surface area contributed by atoms with Gasteiger partial charge < -0.3 is 10.2 Å². The van der Waals surface area contributed by atoms with E-state index >= 15 is 0 Å². The Kier molecular flexibility index (Phi) is 17.1. The van der Waals surface area contributed by atoms with Crippen LogP contribution in [0.25, 0.3) is 0 Å². The summed E-state index contributed by atoms with van der Waals surface area (Å²) in [5.74, 6) is -0.466. The van der Waals surface area contributed by atoms with Crippen molar-refractivity contribution in [1.82, 2.24) is 10.8 Å². The number of amides is 2. The Morgan fingerprint density at radius 1 is 0.654 bits per heavy atom. The van der Waals surface area contributed by atoms with E-state index in [1.165, 1.54) is 38.5 Å². The third-order valence-corrected chi connectivity index (χ3v) is 4.25. The molecule has 2 N–H and O–H groups in total. The van der Waals surface area contributed by atoms with Gasteiger partial charge in [-0.2, -0.15) is 5.48 Å². The minimum absolute atomic E-state index is 0.173. The van der Waals surface area contributed by atoms with Crippen LogP contribution in [0.3, 0.4) is 0 Å². The van der Waals surface area contributed by atoms with E-state index in [2.05, 4.69) is 15.6 Å². The molecule has 0 spiro atoms. The predicted molar refractivity (Wildman–Crippen MR) is 103 cm³/mol. The topological polar surface area (TPSA) is 84.5 Å². The summed E-state index contributed by atoms with van der Waals surface area (Å²) >= 11 is 0. The van der Waals surface area contributed by atoms with Gasteiger partial charge in [0.15, 0.2) is 0 Å². The van der Waals surface area contributed by atoms with Crippen LogP contribution in [-0.2, 0) is 19.2 Å². The van der Waals surface area contributed by atoms with Crippen molar-refractivity contribution in [3.8, 4) is 0 Å². The molecule has 0 heterocycles. The van der Waals surface area contributed by atoms with E-state index in [0.29, 0.717) is 12.8 Å². The molecular weight excluding hydrogens is 332 g/mol. The Morgan fingerprint density at radius 2 is 1.08 bits per heavy atom. The highest BCUT2D eigenvalue weighted by Gasteiger charge is 2.04. The van der Waals surface area contributed by atoms with Gasteiger partial charge >= 0.3 is 5.97 Å². The van der Waals surface area contributed by atoms with Crippen molar-refractivity contribution in [3.05, 3.63) is 0 Å². The molecular formula is C20H38N2O4. The summed E-state index contributed by atoms with van der Waals surface area (Å²) in [5.41, 5.74) is 2.17. The summed E-state index contributed by atoms with van der Waals surface area (Å²) in [6, 6.07) is 0. The van der Waals surface area contributed by atoms with Crippen LogP contribution in [0.5, 0.6) is 0 Å². The summed E-state index contributed by atoms with van der Waals surface area (Å²) in [6.07, 6.45) is 14.0. The Hall–Kier alpha value is -1.59. The van der Waals surface area contributed by atoms with Gasteiger partial charge in [-0.3, -0.25) is 9.59 Å². The number of hydrogen-bond acceptors (Lipinski definition) is 4. The van der Waals surface area contributed by atoms with Crippen molar-refractivity contribution in [2.45, 2.75) is 104 Å². The first-order valence-electron chi connectivity index (χ1n) is 10.3. The van der Waals surface area contributed by atoms with Crippen molar-refractivity contribution in [2.24, 2.45) is 0 Å². The maximum atomic E-state index is 11.4. The van der Waals surface area contributed by atoms with Crippen molar-refractivity contribution in [2.75, 3.05) is 6.54 Å². The van der Waals surface area contributed by atoms with Crippen LogP contribution in [0.1, 0.15) is 104 Å². The maximum Gasteiger partial charge on any atom is 0.331 e. The molecule has 0 saturated carbocycles. The molecule has 0 fully saturated rings. The lowest BCUT2D eigenvalue weighted by Gasteiger charge is -2.05. The van der Waals surface area contributed by atoms with Gasteiger partial charge in [-0.15, -0.1) is 0 Å². The number of rotatable bonds is 16. The highest BCUT2D eigenvalue weighted by Crippen LogP contribution is 2.12. The molecule has 0 aliphatic heterocycles. The molecule has 6 heteroatoms. The summed E-state index contributed by atoms with van der Waals surface area (Å²) in [7, 11) is 0. The third-order valence-electron chi connectivity index (χ3n) is 4.25. The zero-order chi connectivity index (χ0) is 19.5. The van der Waals surface area contributed by atoms with E-state index in [1.54, 1.807) is 6.92 Å². The van der Waals surface area contributed by atoms with Gasteiger partial charge in [-0.05, 0) is 19.8 Å². The average molecular weight is 371 g/mol. The van der Waals surface area contributed by atoms with Crippen LogP contribution in [0, 0.1) is 0 Å². The van der Waals surface area contributed by atoms with Crippen molar-refractivity contribution < 1.29 is 19.2 Å². The Morgan fingerprint density at radius 3 is 1.50 bits per heavy atom. The van der Waals surface area contributed by atoms with E-state index in [9.17, 15) is 14.4 Å². The normalized spacial score (nSPS) is 10.4. The molecule has 0 radical (unpaired) electrons. The molecule has 2 amide bonds. The zero-order valence-corrected chi connectivity index (χ0v) is 16.7. The van der Waals surface area contributed by atoms with Crippen LogP contribution in [0.2, 0.25) is 0 Å². The molecule has 0 aromatic carbocycles. The van der Waals surface area contributed by atoms with Gasteiger partial charge in [-0.25, -0.2) is 4.79 Å². The van der Waals surface area contributed by atoms with E-state index in [-0.39, 0.29) is 18.2 Å². The molecule has 0 rings (SSSR count). The quantitative estimate of drug-likeness (QED) is 0.315. The second-order valence-corrected chi connectivity index (χ2v) is 6.70. The Balaban J connectivity index is 3.21. The van der Waals surface area contributed by atoms with Gasteiger partial charge in [0.05, 0.1) is 0 Å².